The predicted octanol–water partition coefficient (Wildman–Crippen LogP) is 2.58. The van der Waals surface area contributed by atoms with Gasteiger partial charge < -0.3 is 15.4 Å². The normalized spacial score (nSPS) is 9.91. The molecule has 2 N–H and O–H groups in total. The summed E-state index contributed by atoms with van der Waals surface area (Å²) in [5.41, 5.74) is 2.27. The molecule has 0 atom stereocenters. The molecule has 0 aliphatic carbocycles. The maximum atomic E-state index is 12.0. The van der Waals surface area contributed by atoms with E-state index in [-0.39, 0.29) is 11.8 Å². The zero-order valence-corrected chi connectivity index (χ0v) is 12.6. The predicted molar refractivity (Wildman–Crippen MR) is 84.9 cm³/mol. The monoisotopic (exact) mass is 298 g/mol. The SMILES string of the molecule is COc1ccc(C(=O)NCc2ccc(NC(C)=O)cc2)cc1. The topological polar surface area (TPSA) is 67.4 Å². The lowest BCUT2D eigenvalue weighted by atomic mass is 10.1. The quantitative estimate of drug-likeness (QED) is 0.891. The minimum atomic E-state index is -0.145. The summed E-state index contributed by atoms with van der Waals surface area (Å²) >= 11 is 0. The van der Waals surface area contributed by atoms with Crippen molar-refractivity contribution in [2.75, 3.05) is 12.4 Å². The van der Waals surface area contributed by atoms with Gasteiger partial charge in [-0.1, -0.05) is 12.1 Å². The Morgan fingerprint density at radius 1 is 1.00 bits per heavy atom. The van der Waals surface area contributed by atoms with Crippen molar-refractivity contribution in [2.24, 2.45) is 0 Å². The highest BCUT2D eigenvalue weighted by molar-refractivity contribution is 5.94. The number of hydrogen-bond donors (Lipinski definition) is 2. The molecule has 0 saturated carbocycles. The summed E-state index contributed by atoms with van der Waals surface area (Å²) in [7, 11) is 1.58. The van der Waals surface area contributed by atoms with E-state index >= 15 is 0 Å². The van der Waals surface area contributed by atoms with Gasteiger partial charge in [-0.15, -0.1) is 0 Å². The van der Waals surface area contributed by atoms with Crippen molar-refractivity contribution in [3.8, 4) is 5.75 Å². The maximum absolute atomic E-state index is 12.0. The standard InChI is InChI=1S/C17H18N2O3/c1-12(20)19-15-7-3-13(4-8-15)11-18-17(21)14-5-9-16(22-2)10-6-14/h3-10H,11H2,1-2H3,(H,18,21)(H,19,20). The fourth-order valence-corrected chi connectivity index (χ4v) is 1.94. The molecular weight excluding hydrogens is 280 g/mol. The minimum absolute atomic E-state index is 0.111. The summed E-state index contributed by atoms with van der Waals surface area (Å²) in [6.45, 7) is 1.88. The van der Waals surface area contributed by atoms with Crippen molar-refractivity contribution < 1.29 is 14.3 Å². The third kappa shape index (κ3) is 4.34. The molecule has 0 heterocycles. The molecule has 0 spiro atoms. The van der Waals surface area contributed by atoms with Crippen LogP contribution in [-0.2, 0) is 11.3 Å². The lowest BCUT2D eigenvalue weighted by Gasteiger charge is -2.07. The molecule has 0 aliphatic rings. The number of benzene rings is 2. The van der Waals surface area contributed by atoms with Crippen LogP contribution in [0.1, 0.15) is 22.8 Å². The Morgan fingerprint density at radius 2 is 1.64 bits per heavy atom. The van der Waals surface area contributed by atoms with E-state index in [0.29, 0.717) is 17.9 Å². The maximum Gasteiger partial charge on any atom is 0.251 e. The van der Waals surface area contributed by atoms with E-state index in [1.54, 1.807) is 43.5 Å². The molecule has 0 unspecified atom stereocenters. The van der Waals surface area contributed by atoms with Gasteiger partial charge in [-0.05, 0) is 42.0 Å². The van der Waals surface area contributed by atoms with Crippen molar-refractivity contribution in [1.82, 2.24) is 5.32 Å². The van der Waals surface area contributed by atoms with Crippen LogP contribution in [0.2, 0.25) is 0 Å². The molecule has 0 fully saturated rings. The molecule has 2 aromatic carbocycles. The molecule has 0 radical (unpaired) electrons. The van der Waals surface area contributed by atoms with E-state index in [4.69, 9.17) is 4.74 Å². The summed E-state index contributed by atoms with van der Waals surface area (Å²) < 4.78 is 5.06. The molecule has 2 rings (SSSR count). The number of methoxy groups -OCH3 is 1. The average Bonchev–Trinajstić information content (AvgIpc) is 2.53. The molecule has 22 heavy (non-hydrogen) atoms. The number of ether oxygens (including phenoxy) is 1. The lowest BCUT2D eigenvalue weighted by molar-refractivity contribution is -0.114. The summed E-state index contributed by atoms with van der Waals surface area (Å²) in [6, 6.07) is 14.3. The van der Waals surface area contributed by atoms with Gasteiger partial charge in [0.2, 0.25) is 5.91 Å². The summed E-state index contributed by atoms with van der Waals surface area (Å²) in [6.07, 6.45) is 0. The van der Waals surface area contributed by atoms with Crippen LogP contribution < -0.4 is 15.4 Å². The Hall–Kier alpha value is -2.82. The molecule has 0 bridgehead atoms. The molecule has 0 aromatic heterocycles. The van der Waals surface area contributed by atoms with Gasteiger partial charge in [0.05, 0.1) is 7.11 Å². The first-order valence-corrected chi connectivity index (χ1v) is 6.87. The van der Waals surface area contributed by atoms with Crippen molar-refractivity contribution in [2.45, 2.75) is 13.5 Å². The van der Waals surface area contributed by atoms with Crippen LogP contribution in [0, 0.1) is 0 Å². The highest BCUT2D eigenvalue weighted by atomic mass is 16.5. The Balaban J connectivity index is 1.91. The van der Waals surface area contributed by atoms with Crippen LogP contribution in [0.25, 0.3) is 0 Å². The Morgan fingerprint density at radius 3 is 2.18 bits per heavy atom. The van der Waals surface area contributed by atoms with Crippen molar-refractivity contribution in [3.63, 3.8) is 0 Å². The first-order chi connectivity index (χ1) is 10.6. The Bertz CT molecular complexity index is 649. The second kappa shape index (κ2) is 7.26. The van der Waals surface area contributed by atoms with E-state index in [0.717, 1.165) is 11.3 Å². The zero-order chi connectivity index (χ0) is 15.9. The molecule has 2 amide bonds. The van der Waals surface area contributed by atoms with E-state index in [9.17, 15) is 9.59 Å². The van der Waals surface area contributed by atoms with Crippen molar-refractivity contribution in [1.29, 1.82) is 0 Å². The van der Waals surface area contributed by atoms with Gasteiger partial charge in [-0.3, -0.25) is 9.59 Å². The molecule has 114 valence electrons. The fraction of sp³-hybridized carbons (Fsp3) is 0.176. The van der Waals surface area contributed by atoms with Crippen LogP contribution in [0.5, 0.6) is 5.75 Å². The Kier molecular flexibility index (Phi) is 5.14. The van der Waals surface area contributed by atoms with Gasteiger partial charge in [0.15, 0.2) is 0 Å². The summed E-state index contributed by atoms with van der Waals surface area (Å²) in [5, 5.41) is 5.54. The smallest absolute Gasteiger partial charge is 0.251 e. The number of anilines is 1. The van der Waals surface area contributed by atoms with Crippen LogP contribution in [0.4, 0.5) is 5.69 Å². The van der Waals surface area contributed by atoms with E-state index in [1.165, 1.54) is 6.92 Å². The van der Waals surface area contributed by atoms with Crippen LogP contribution in [0.3, 0.4) is 0 Å². The molecule has 0 aliphatic heterocycles. The molecule has 5 nitrogen and oxygen atoms in total. The number of amides is 2. The molecule has 2 aromatic rings. The number of nitrogens with one attached hydrogen (secondary N) is 2. The highest BCUT2D eigenvalue weighted by Crippen LogP contribution is 2.12. The minimum Gasteiger partial charge on any atom is -0.497 e. The van der Waals surface area contributed by atoms with Crippen molar-refractivity contribution in [3.05, 3.63) is 59.7 Å². The number of carbonyl (C=O) groups excluding carboxylic acids is 2. The Labute approximate surface area is 129 Å². The first kappa shape index (κ1) is 15.6. The van der Waals surface area contributed by atoms with Gasteiger partial charge in [-0.25, -0.2) is 0 Å². The van der Waals surface area contributed by atoms with Crippen LogP contribution in [0.15, 0.2) is 48.5 Å². The van der Waals surface area contributed by atoms with Gasteiger partial charge in [0, 0.05) is 24.7 Å². The number of rotatable bonds is 5. The third-order valence-corrected chi connectivity index (χ3v) is 3.08. The van der Waals surface area contributed by atoms with E-state index < -0.39 is 0 Å². The largest absolute Gasteiger partial charge is 0.497 e. The van der Waals surface area contributed by atoms with Gasteiger partial charge in [0.25, 0.3) is 5.91 Å². The van der Waals surface area contributed by atoms with Crippen LogP contribution in [-0.4, -0.2) is 18.9 Å². The van der Waals surface area contributed by atoms with Crippen LogP contribution >= 0.6 is 0 Å². The number of carbonyl (C=O) groups is 2. The second-order valence-electron chi connectivity index (χ2n) is 4.79. The lowest BCUT2D eigenvalue weighted by Crippen LogP contribution is -2.22. The first-order valence-electron chi connectivity index (χ1n) is 6.87. The van der Waals surface area contributed by atoms with E-state index in [2.05, 4.69) is 10.6 Å². The van der Waals surface area contributed by atoms with Gasteiger partial charge >= 0.3 is 0 Å². The number of hydrogen-bond acceptors (Lipinski definition) is 3. The van der Waals surface area contributed by atoms with Crippen molar-refractivity contribution >= 4 is 17.5 Å². The molecule has 5 heteroatoms. The zero-order valence-electron chi connectivity index (χ0n) is 12.6. The fourth-order valence-electron chi connectivity index (χ4n) is 1.94. The van der Waals surface area contributed by atoms with Gasteiger partial charge in [-0.2, -0.15) is 0 Å². The summed E-state index contributed by atoms with van der Waals surface area (Å²) in [4.78, 5) is 23.0. The second-order valence-corrected chi connectivity index (χ2v) is 4.79. The molecular formula is C17H18N2O3. The highest BCUT2D eigenvalue weighted by Gasteiger charge is 2.05. The average molecular weight is 298 g/mol. The molecule has 0 saturated heterocycles. The summed E-state index contributed by atoms with van der Waals surface area (Å²) in [5.74, 6) is 0.458. The van der Waals surface area contributed by atoms with Gasteiger partial charge in [0.1, 0.15) is 5.75 Å². The van der Waals surface area contributed by atoms with E-state index in [1.807, 2.05) is 12.1 Å². The third-order valence-electron chi connectivity index (χ3n) is 3.08.